The summed E-state index contributed by atoms with van der Waals surface area (Å²) < 4.78 is 2.07. The first-order valence-electron chi connectivity index (χ1n) is 7.76. The third kappa shape index (κ3) is 3.99. The van der Waals surface area contributed by atoms with Gasteiger partial charge in [-0.3, -0.25) is 4.99 Å². The molecule has 5 nitrogen and oxygen atoms in total. The molecule has 0 bridgehead atoms. The van der Waals surface area contributed by atoms with E-state index in [1.807, 2.05) is 12.5 Å². The Balaban J connectivity index is 1.79. The van der Waals surface area contributed by atoms with Gasteiger partial charge >= 0.3 is 0 Å². The van der Waals surface area contributed by atoms with E-state index in [1.54, 1.807) is 6.20 Å². The largest absolute Gasteiger partial charge is 0.357 e. The Labute approximate surface area is 121 Å². The lowest BCUT2D eigenvalue weighted by atomic mass is 9.67. The van der Waals surface area contributed by atoms with Crippen LogP contribution in [0.1, 0.15) is 39.5 Å². The van der Waals surface area contributed by atoms with Crippen molar-refractivity contribution in [2.75, 3.05) is 19.6 Å². The lowest BCUT2D eigenvalue weighted by Gasteiger charge is -2.40. The van der Waals surface area contributed by atoms with E-state index in [2.05, 4.69) is 34.0 Å². The highest BCUT2D eigenvalue weighted by molar-refractivity contribution is 5.79. The van der Waals surface area contributed by atoms with Crippen LogP contribution in [0.3, 0.4) is 0 Å². The van der Waals surface area contributed by atoms with Crippen LogP contribution in [0.5, 0.6) is 0 Å². The summed E-state index contributed by atoms with van der Waals surface area (Å²) >= 11 is 0. The van der Waals surface area contributed by atoms with Crippen LogP contribution in [0, 0.1) is 5.41 Å². The maximum absolute atomic E-state index is 4.77. The number of aliphatic imine (C=N–C) groups is 1. The van der Waals surface area contributed by atoms with Crippen LogP contribution < -0.4 is 10.6 Å². The van der Waals surface area contributed by atoms with Crippen LogP contribution in [-0.2, 0) is 6.54 Å². The molecule has 112 valence electrons. The summed E-state index contributed by atoms with van der Waals surface area (Å²) in [6.07, 6.45) is 10.9. The van der Waals surface area contributed by atoms with Gasteiger partial charge in [0.25, 0.3) is 0 Å². The van der Waals surface area contributed by atoms with Crippen molar-refractivity contribution in [1.29, 1.82) is 0 Å². The summed E-state index contributed by atoms with van der Waals surface area (Å²) in [7, 11) is 0. The van der Waals surface area contributed by atoms with E-state index >= 15 is 0 Å². The van der Waals surface area contributed by atoms with Crippen molar-refractivity contribution in [3.05, 3.63) is 18.7 Å². The normalized spacial score (nSPS) is 17.6. The monoisotopic (exact) mass is 277 g/mol. The summed E-state index contributed by atoms with van der Waals surface area (Å²) in [5, 5.41) is 6.72. The molecule has 1 aromatic heterocycles. The molecule has 5 heteroatoms. The van der Waals surface area contributed by atoms with Crippen molar-refractivity contribution < 1.29 is 0 Å². The molecule has 2 rings (SSSR count). The highest BCUT2D eigenvalue weighted by atomic mass is 15.2. The van der Waals surface area contributed by atoms with Crippen LogP contribution in [0.4, 0.5) is 0 Å². The number of imidazole rings is 1. The molecule has 0 aromatic carbocycles. The van der Waals surface area contributed by atoms with Crippen LogP contribution in [-0.4, -0.2) is 35.1 Å². The van der Waals surface area contributed by atoms with Crippen molar-refractivity contribution in [2.24, 2.45) is 10.4 Å². The van der Waals surface area contributed by atoms with Crippen molar-refractivity contribution in [3.63, 3.8) is 0 Å². The van der Waals surface area contributed by atoms with Gasteiger partial charge < -0.3 is 15.2 Å². The molecule has 1 heterocycles. The summed E-state index contributed by atoms with van der Waals surface area (Å²) in [4.78, 5) is 8.81. The van der Waals surface area contributed by atoms with Crippen LogP contribution >= 0.6 is 0 Å². The molecule has 1 fully saturated rings. The zero-order valence-electron chi connectivity index (χ0n) is 12.7. The van der Waals surface area contributed by atoms with Gasteiger partial charge in [-0.15, -0.1) is 0 Å². The van der Waals surface area contributed by atoms with Gasteiger partial charge in [-0.05, 0) is 31.6 Å². The predicted octanol–water partition coefficient (Wildman–Crippen LogP) is 2.02. The number of nitrogens with one attached hydrogen (secondary N) is 2. The molecule has 0 amide bonds. The van der Waals surface area contributed by atoms with E-state index in [1.165, 1.54) is 25.7 Å². The summed E-state index contributed by atoms with van der Waals surface area (Å²) in [6.45, 7) is 8.00. The number of hydrogen-bond donors (Lipinski definition) is 2. The molecule has 0 saturated heterocycles. The van der Waals surface area contributed by atoms with E-state index < -0.39 is 0 Å². The van der Waals surface area contributed by atoms with Gasteiger partial charge in [0.05, 0.1) is 6.33 Å². The minimum atomic E-state index is 0.479. The molecular formula is C15H27N5. The fourth-order valence-corrected chi connectivity index (χ4v) is 2.61. The number of guanidine groups is 1. The number of hydrogen-bond acceptors (Lipinski definition) is 2. The fourth-order valence-electron chi connectivity index (χ4n) is 2.61. The standard InChI is InChI=1S/C15H27N5/c1-3-15(6-5-7-15)12-19-14(17-4-2)18-9-11-20-10-8-16-13-20/h8,10,13H,3-7,9,11-12H2,1-2H3,(H2,17,18,19). The molecule has 2 N–H and O–H groups in total. The van der Waals surface area contributed by atoms with Crippen molar-refractivity contribution in [3.8, 4) is 0 Å². The Bertz CT molecular complexity index is 400. The van der Waals surface area contributed by atoms with Gasteiger partial charge in [0, 0.05) is 38.6 Å². The smallest absolute Gasteiger partial charge is 0.191 e. The van der Waals surface area contributed by atoms with E-state index in [0.717, 1.165) is 32.1 Å². The number of rotatable bonds is 7. The third-order valence-corrected chi connectivity index (χ3v) is 4.30. The lowest BCUT2D eigenvalue weighted by Crippen LogP contribution is -2.40. The molecule has 0 aliphatic heterocycles. The molecular weight excluding hydrogens is 250 g/mol. The molecule has 0 atom stereocenters. The van der Waals surface area contributed by atoms with Gasteiger partial charge in [-0.1, -0.05) is 13.3 Å². The zero-order chi connectivity index (χ0) is 14.3. The van der Waals surface area contributed by atoms with E-state index in [0.29, 0.717) is 5.41 Å². The molecule has 1 aliphatic carbocycles. The second-order valence-corrected chi connectivity index (χ2v) is 5.63. The van der Waals surface area contributed by atoms with Crippen molar-refractivity contribution >= 4 is 5.96 Å². The summed E-state index contributed by atoms with van der Waals surface area (Å²) in [6, 6.07) is 0. The second kappa shape index (κ2) is 7.31. The van der Waals surface area contributed by atoms with E-state index in [4.69, 9.17) is 4.99 Å². The Kier molecular flexibility index (Phi) is 5.44. The first kappa shape index (κ1) is 14.9. The Hall–Kier alpha value is -1.52. The van der Waals surface area contributed by atoms with Crippen molar-refractivity contribution in [1.82, 2.24) is 20.2 Å². The zero-order valence-corrected chi connectivity index (χ0v) is 12.7. The molecule has 0 unspecified atom stereocenters. The predicted molar refractivity (Wildman–Crippen MR) is 82.8 cm³/mol. The Morgan fingerprint density at radius 3 is 2.75 bits per heavy atom. The first-order valence-corrected chi connectivity index (χ1v) is 7.76. The molecule has 1 aromatic rings. The highest BCUT2D eigenvalue weighted by Crippen LogP contribution is 2.43. The van der Waals surface area contributed by atoms with Crippen LogP contribution in [0.15, 0.2) is 23.7 Å². The maximum atomic E-state index is 4.77. The number of aromatic nitrogens is 2. The van der Waals surface area contributed by atoms with E-state index in [-0.39, 0.29) is 0 Å². The topological polar surface area (TPSA) is 54.2 Å². The van der Waals surface area contributed by atoms with Gasteiger partial charge in [-0.2, -0.15) is 0 Å². The average molecular weight is 277 g/mol. The molecule has 20 heavy (non-hydrogen) atoms. The quantitative estimate of drug-likeness (QED) is 0.592. The SMILES string of the molecule is CCNC(=NCC1(CC)CCC1)NCCn1ccnc1. The highest BCUT2D eigenvalue weighted by Gasteiger charge is 2.34. The van der Waals surface area contributed by atoms with Gasteiger partial charge in [-0.25, -0.2) is 4.98 Å². The minimum absolute atomic E-state index is 0.479. The molecule has 0 spiro atoms. The first-order chi connectivity index (χ1) is 9.78. The summed E-state index contributed by atoms with van der Waals surface area (Å²) in [5.41, 5.74) is 0.479. The number of nitrogens with zero attached hydrogens (tertiary/aromatic N) is 3. The van der Waals surface area contributed by atoms with Gasteiger partial charge in [0.15, 0.2) is 5.96 Å². The molecule has 1 saturated carbocycles. The van der Waals surface area contributed by atoms with E-state index in [9.17, 15) is 0 Å². The molecule has 1 aliphatic rings. The lowest BCUT2D eigenvalue weighted by molar-refractivity contribution is 0.139. The maximum Gasteiger partial charge on any atom is 0.191 e. The second-order valence-electron chi connectivity index (χ2n) is 5.63. The fraction of sp³-hybridized carbons (Fsp3) is 0.733. The molecule has 0 radical (unpaired) electrons. The van der Waals surface area contributed by atoms with Gasteiger partial charge in [0.1, 0.15) is 0 Å². The minimum Gasteiger partial charge on any atom is -0.357 e. The van der Waals surface area contributed by atoms with Crippen LogP contribution in [0.2, 0.25) is 0 Å². The third-order valence-electron chi connectivity index (χ3n) is 4.30. The Morgan fingerprint density at radius 1 is 1.35 bits per heavy atom. The Morgan fingerprint density at radius 2 is 2.20 bits per heavy atom. The van der Waals surface area contributed by atoms with Crippen LogP contribution in [0.25, 0.3) is 0 Å². The van der Waals surface area contributed by atoms with Gasteiger partial charge in [0.2, 0.25) is 0 Å². The summed E-state index contributed by atoms with van der Waals surface area (Å²) in [5.74, 6) is 0.937. The van der Waals surface area contributed by atoms with Crippen molar-refractivity contribution in [2.45, 2.75) is 46.1 Å². The average Bonchev–Trinajstić information content (AvgIpc) is 2.91.